The van der Waals surface area contributed by atoms with Crippen LogP contribution in [0, 0.1) is 47.3 Å². The van der Waals surface area contributed by atoms with Gasteiger partial charge in [0.05, 0.1) is 18.3 Å². The van der Waals surface area contributed by atoms with E-state index in [9.17, 15) is 34.5 Å². The molecule has 3 fully saturated rings. The Morgan fingerprint density at radius 1 is 0.909 bits per heavy atom. The van der Waals surface area contributed by atoms with Crippen LogP contribution < -0.4 is 0 Å². The van der Waals surface area contributed by atoms with Gasteiger partial charge in [0.15, 0.2) is 0 Å². The number of allylic oxidation sites excluding steroid dienone is 4. The Bertz CT molecular complexity index is 1440. The lowest BCUT2D eigenvalue weighted by molar-refractivity contribution is -0.276. The van der Waals surface area contributed by atoms with Crippen LogP contribution in [0.1, 0.15) is 132 Å². The van der Waals surface area contributed by atoms with Crippen LogP contribution in [-0.4, -0.2) is 86.5 Å². The van der Waals surface area contributed by atoms with E-state index in [-0.39, 0.29) is 60.9 Å². The van der Waals surface area contributed by atoms with E-state index in [4.69, 9.17) is 9.47 Å². The summed E-state index contributed by atoms with van der Waals surface area (Å²) in [6.45, 7) is 19.8. The third kappa shape index (κ3) is 11.3. The van der Waals surface area contributed by atoms with Gasteiger partial charge in [-0.2, -0.15) is 0 Å². The zero-order valence-corrected chi connectivity index (χ0v) is 34.9. The van der Waals surface area contributed by atoms with E-state index in [0.717, 1.165) is 36.8 Å². The number of rotatable bonds is 4. The first kappa shape index (κ1) is 45.0. The smallest absolute Gasteiger partial charge is 0.329 e. The van der Waals surface area contributed by atoms with E-state index >= 15 is 0 Å². The Balaban J connectivity index is 1.74. The second-order valence-electron chi connectivity index (χ2n) is 18.3. The monoisotopic (exact) mass is 770 g/mol. The fourth-order valence-corrected chi connectivity index (χ4v) is 9.89. The van der Waals surface area contributed by atoms with Crippen molar-refractivity contribution in [1.82, 2.24) is 4.90 Å². The second kappa shape index (κ2) is 19.7. The zero-order chi connectivity index (χ0) is 40.8. The number of hydrogen-bond acceptors (Lipinski definition) is 9. The van der Waals surface area contributed by atoms with Gasteiger partial charge < -0.3 is 29.7 Å². The van der Waals surface area contributed by atoms with Crippen molar-refractivity contribution in [1.29, 1.82) is 0 Å². The van der Waals surface area contributed by atoms with Crippen LogP contribution in [0.25, 0.3) is 0 Å². The summed E-state index contributed by atoms with van der Waals surface area (Å²) in [5.41, 5.74) is 1.80. The van der Waals surface area contributed by atoms with Crippen molar-refractivity contribution in [3.8, 4) is 0 Å². The standard InChI is InChI=1S/C45H71NO9/c1-10-13-35-20-27(3)18-26(2)19-28(4)21-40-30(6)22-32(8)45(53,55-40)42(50)43(51)46-17-12-11-14-36(46)44(52)54-41(33(9)38(48)25-39(35)49)31(7)24-34-15-16-37(47)29(5)23-34/h10,20,24,26,28-30,32-38,40-41,47-48,53H,1,11-19,21-23,25H2,2-9H3/b27-20+,31-24+/t26-,28-,29+,30-,32+,33+,34+,35+,36-,37+,38-,40?,41+,45+/m0/s1. The molecule has 2 bridgehead atoms. The molecule has 14 atom stereocenters. The highest BCUT2D eigenvalue weighted by Crippen LogP contribution is 2.40. The molecule has 55 heavy (non-hydrogen) atoms. The second-order valence-corrected chi connectivity index (χ2v) is 18.3. The summed E-state index contributed by atoms with van der Waals surface area (Å²) in [4.78, 5) is 57.6. The fraction of sp³-hybridized carbons (Fsp3) is 0.778. The number of esters is 1. The van der Waals surface area contributed by atoms with Crippen molar-refractivity contribution < 1.29 is 44.0 Å². The highest BCUT2D eigenvalue weighted by molar-refractivity contribution is 6.39. The molecule has 0 aromatic heterocycles. The number of ketones is 2. The molecule has 2 saturated heterocycles. The van der Waals surface area contributed by atoms with Crippen molar-refractivity contribution in [3.05, 3.63) is 36.0 Å². The van der Waals surface area contributed by atoms with Crippen LogP contribution in [-0.2, 0) is 28.7 Å². The van der Waals surface area contributed by atoms with Crippen LogP contribution >= 0.6 is 0 Å². The summed E-state index contributed by atoms with van der Waals surface area (Å²) in [6.07, 6.45) is 9.65. The van der Waals surface area contributed by atoms with Crippen LogP contribution in [0.3, 0.4) is 0 Å². The Labute approximate surface area is 330 Å². The van der Waals surface area contributed by atoms with Gasteiger partial charge in [-0.1, -0.05) is 65.3 Å². The van der Waals surface area contributed by atoms with E-state index in [0.29, 0.717) is 38.5 Å². The largest absolute Gasteiger partial charge is 0.456 e. The number of Topliss-reactive ketones (excluding diaryl/α,β-unsaturated/α-hetero) is 2. The topological polar surface area (TPSA) is 151 Å². The first-order valence-electron chi connectivity index (χ1n) is 21.2. The summed E-state index contributed by atoms with van der Waals surface area (Å²) >= 11 is 0. The van der Waals surface area contributed by atoms with E-state index in [1.165, 1.54) is 4.90 Å². The summed E-state index contributed by atoms with van der Waals surface area (Å²) in [5.74, 6) is -6.15. The number of aliphatic hydroxyl groups excluding tert-OH is 2. The molecular weight excluding hydrogens is 698 g/mol. The van der Waals surface area contributed by atoms with Gasteiger partial charge in [-0.3, -0.25) is 14.4 Å². The lowest BCUT2D eigenvalue weighted by atomic mass is 9.78. The quantitative estimate of drug-likeness (QED) is 0.158. The average molecular weight is 770 g/mol. The van der Waals surface area contributed by atoms with Crippen LogP contribution in [0.5, 0.6) is 0 Å². The number of amides is 1. The minimum absolute atomic E-state index is 0.0546. The van der Waals surface area contributed by atoms with Crippen molar-refractivity contribution in [2.75, 3.05) is 6.54 Å². The highest BCUT2D eigenvalue weighted by atomic mass is 16.6. The molecule has 4 aliphatic rings. The minimum atomic E-state index is -2.32. The molecule has 1 amide bonds. The first-order chi connectivity index (χ1) is 25.9. The van der Waals surface area contributed by atoms with Crippen molar-refractivity contribution in [2.24, 2.45) is 47.3 Å². The van der Waals surface area contributed by atoms with Gasteiger partial charge in [-0.15, -0.1) is 6.58 Å². The third-order valence-electron chi connectivity index (χ3n) is 13.2. The normalized spacial score (nSPS) is 42.2. The van der Waals surface area contributed by atoms with Gasteiger partial charge in [0.1, 0.15) is 17.9 Å². The maximum absolute atomic E-state index is 14.3. The predicted molar refractivity (Wildman–Crippen MR) is 212 cm³/mol. The van der Waals surface area contributed by atoms with Gasteiger partial charge in [-0.05, 0) is 120 Å². The van der Waals surface area contributed by atoms with Crippen molar-refractivity contribution >= 4 is 23.4 Å². The molecule has 4 rings (SSSR count). The molecule has 1 aliphatic carbocycles. The van der Waals surface area contributed by atoms with Gasteiger partial charge in [-0.25, -0.2) is 4.79 Å². The summed E-state index contributed by atoms with van der Waals surface area (Å²) in [5, 5.41) is 33.9. The van der Waals surface area contributed by atoms with E-state index < -0.39 is 65.6 Å². The summed E-state index contributed by atoms with van der Waals surface area (Å²) < 4.78 is 12.6. The molecule has 1 unspecified atom stereocenters. The SMILES string of the molecule is C=CC[C@@H]1/C=C(\C)C[C@H](C)C[C@H](C)CC2O[C@@](O)(C(=O)C(=O)N3CCCC[C@H]3C(=O)O[C@H](/C(C)=C/[C@@H]3CC[C@@H](O)[C@H](C)C3)[C@H](C)[C@@H](O)CC1=O)[C@H](C)C[C@@H]2C. The molecule has 10 nitrogen and oxygen atoms in total. The molecule has 10 heteroatoms. The third-order valence-corrected chi connectivity index (χ3v) is 13.2. The average Bonchev–Trinajstić information content (AvgIpc) is 3.12. The van der Waals surface area contributed by atoms with E-state index in [2.05, 4.69) is 33.4 Å². The number of ether oxygens (including phenoxy) is 2. The van der Waals surface area contributed by atoms with E-state index in [1.807, 2.05) is 26.8 Å². The maximum atomic E-state index is 14.3. The van der Waals surface area contributed by atoms with E-state index in [1.54, 1.807) is 19.9 Å². The Hall–Kier alpha value is -2.66. The van der Waals surface area contributed by atoms with Gasteiger partial charge in [0.25, 0.3) is 11.7 Å². The maximum Gasteiger partial charge on any atom is 0.329 e. The predicted octanol–water partition coefficient (Wildman–Crippen LogP) is 6.89. The molecule has 310 valence electrons. The number of aliphatic hydroxyl groups is 3. The van der Waals surface area contributed by atoms with Crippen molar-refractivity contribution in [2.45, 2.75) is 169 Å². The molecular formula is C45H71NO9. The van der Waals surface area contributed by atoms with Crippen LogP contribution in [0.15, 0.2) is 36.0 Å². The molecule has 3 aliphatic heterocycles. The lowest BCUT2D eigenvalue weighted by Gasteiger charge is -2.45. The van der Waals surface area contributed by atoms with Crippen LogP contribution in [0.2, 0.25) is 0 Å². The van der Waals surface area contributed by atoms with Gasteiger partial charge in [0.2, 0.25) is 5.79 Å². The molecule has 3 N–H and O–H groups in total. The number of cyclic esters (lactones) is 1. The van der Waals surface area contributed by atoms with Crippen LogP contribution in [0.4, 0.5) is 0 Å². The molecule has 0 aromatic carbocycles. The molecule has 0 radical (unpaired) electrons. The molecule has 0 spiro atoms. The zero-order valence-electron chi connectivity index (χ0n) is 34.9. The summed E-state index contributed by atoms with van der Waals surface area (Å²) in [7, 11) is 0. The van der Waals surface area contributed by atoms with Gasteiger partial charge in [0, 0.05) is 30.7 Å². The highest BCUT2D eigenvalue weighted by Gasteiger charge is 2.54. The number of carbonyl (C=O) groups is 4. The van der Waals surface area contributed by atoms with Gasteiger partial charge >= 0.3 is 5.97 Å². The number of nitrogens with zero attached hydrogens (tertiary/aromatic N) is 1. The molecule has 0 aromatic rings. The Morgan fingerprint density at radius 2 is 1.62 bits per heavy atom. The molecule has 3 heterocycles. The lowest BCUT2D eigenvalue weighted by Crippen LogP contribution is -2.61. The first-order valence-corrected chi connectivity index (χ1v) is 21.2. The minimum Gasteiger partial charge on any atom is -0.456 e. The Kier molecular flexibility index (Phi) is 16.1. The fourth-order valence-electron chi connectivity index (χ4n) is 9.89. The number of fused-ring (bicyclic) bond motifs is 3. The summed E-state index contributed by atoms with van der Waals surface area (Å²) in [6, 6.07) is -1.07. The Morgan fingerprint density at radius 3 is 2.29 bits per heavy atom. The number of piperidine rings is 1. The van der Waals surface area contributed by atoms with Crippen molar-refractivity contribution in [3.63, 3.8) is 0 Å². The molecule has 1 saturated carbocycles. The number of hydrogen-bond donors (Lipinski definition) is 3. The number of carbonyl (C=O) groups excluding carboxylic acids is 4.